The molecule has 0 rings (SSSR count). The van der Waals surface area contributed by atoms with Crippen molar-refractivity contribution in [1.29, 1.82) is 0 Å². The first-order valence-corrected chi connectivity index (χ1v) is 4.40. The van der Waals surface area contributed by atoms with E-state index in [2.05, 4.69) is 0 Å². The van der Waals surface area contributed by atoms with Gasteiger partial charge in [-0.3, -0.25) is 4.79 Å². The van der Waals surface area contributed by atoms with Crippen LogP contribution < -0.4 is 5.73 Å². The third-order valence-corrected chi connectivity index (χ3v) is 1.88. The molecule has 2 N–H and O–H groups in total. The van der Waals surface area contributed by atoms with Crippen molar-refractivity contribution in [3.8, 4) is 0 Å². The van der Waals surface area contributed by atoms with Gasteiger partial charge in [0.2, 0.25) is 16.2 Å². The molecule has 0 radical (unpaired) electrons. The highest BCUT2D eigenvalue weighted by Crippen LogP contribution is 2.12. The number of hydrogen-bond donors (Lipinski definition) is 1. The van der Waals surface area contributed by atoms with Crippen LogP contribution in [-0.4, -0.2) is 19.7 Å². The van der Waals surface area contributed by atoms with E-state index in [1.165, 1.54) is 6.08 Å². The van der Waals surface area contributed by atoms with E-state index in [1.807, 2.05) is 0 Å². The van der Waals surface area contributed by atoms with Crippen molar-refractivity contribution < 1.29 is 13.2 Å². The van der Waals surface area contributed by atoms with Crippen LogP contribution in [0.2, 0.25) is 0 Å². The maximum atomic E-state index is 10.3. The van der Waals surface area contributed by atoms with E-state index in [4.69, 9.17) is 5.73 Å². The number of nitrogens with two attached hydrogens (primary N) is 1. The minimum absolute atomic E-state index is 0.590. The molecule has 0 heterocycles. The highest BCUT2D eigenvalue weighted by atomic mass is 32.2. The maximum absolute atomic E-state index is 10.3. The van der Waals surface area contributed by atoms with Gasteiger partial charge in [-0.05, 0) is 6.08 Å². The molecule has 0 aliphatic carbocycles. The lowest BCUT2D eigenvalue weighted by Crippen LogP contribution is -2.13. The van der Waals surface area contributed by atoms with Crippen LogP contribution in [0.4, 0.5) is 0 Å². The first kappa shape index (κ1) is 10.9. The fourth-order valence-corrected chi connectivity index (χ4v) is 1.16. The Morgan fingerprint density at radius 1 is 1.42 bits per heavy atom. The van der Waals surface area contributed by atoms with Crippen LogP contribution in [0, 0.1) is 5.41 Å². The molecule has 0 aromatic carbocycles. The van der Waals surface area contributed by atoms with Crippen LogP contribution in [0.5, 0.6) is 0 Å². The van der Waals surface area contributed by atoms with Crippen molar-refractivity contribution in [2.24, 2.45) is 11.1 Å². The molecule has 0 bridgehead atoms. The van der Waals surface area contributed by atoms with Gasteiger partial charge in [0.15, 0.2) is 0 Å². The lowest BCUT2D eigenvalue weighted by Gasteiger charge is -2.09. The van der Waals surface area contributed by atoms with Crippen LogP contribution >= 0.6 is 0 Å². The third kappa shape index (κ3) is 5.67. The predicted octanol–water partition coefficient (Wildman–Crippen LogP) is -0.265. The number of primary amides is 1. The van der Waals surface area contributed by atoms with Gasteiger partial charge in [-0.2, -0.15) is 8.42 Å². The molecule has 0 aromatic heterocycles. The third-order valence-electron chi connectivity index (χ3n) is 1.08. The first-order chi connectivity index (χ1) is 5.33. The summed E-state index contributed by atoms with van der Waals surface area (Å²) in [7, 11) is -2.23. The largest absolute Gasteiger partial charge is 0.366 e. The van der Waals surface area contributed by atoms with Gasteiger partial charge in [-0.1, -0.05) is 19.9 Å². The van der Waals surface area contributed by atoms with Crippen molar-refractivity contribution >= 4 is 21.6 Å². The topological polar surface area (TPSA) is 77.2 Å². The van der Waals surface area contributed by atoms with Gasteiger partial charge in [0.05, 0.1) is 0 Å². The van der Waals surface area contributed by atoms with Crippen molar-refractivity contribution in [2.75, 3.05) is 0 Å². The second kappa shape index (κ2) is 4.06. The summed E-state index contributed by atoms with van der Waals surface area (Å²) in [6, 6.07) is 0. The Morgan fingerprint density at radius 3 is 2.25 bits per heavy atom. The Labute approximate surface area is 72.6 Å². The second-order valence-electron chi connectivity index (χ2n) is 2.94. The Balaban J connectivity index is 4.65. The SMILES string of the molecule is CC(C)(C=CC(N)=O)C=S(=O)=O. The number of rotatable bonds is 3. The van der Waals surface area contributed by atoms with Gasteiger partial charge < -0.3 is 5.73 Å². The zero-order valence-electron chi connectivity index (χ0n) is 6.94. The van der Waals surface area contributed by atoms with E-state index in [9.17, 15) is 13.2 Å². The summed E-state index contributed by atoms with van der Waals surface area (Å²) in [5.41, 5.74) is 4.17. The van der Waals surface area contributed by atoms with E-state index in [1.54, 1.807) is 13.8 Å². The van der Waals surface area contributed by atoms with Gasteiger partial charge >= 0.3 is 0 Å². The van der Waals surface area contributed by atoms with Crippen LogP contribution in [0.3, 0.4) is 0 Å². The summed E-state index contributed by atoms with van der Waals surface area (Å²) < 4.78 is 20.5. The molecule has 0 atom stereocenters. The number of allylic oxidation sites excluding steroid dienone is 1. The van der Waals surface area contributed by atoms with Crippen LogP contribution in [0.25, 0.3) is 0 Å². The van der Waals surface area contributed by atoms with Crippen molar-refractivity contribution in [1.82, 2.24) is 0 Å². The summed E-state index contributed by atoms with van der Waals surface area (Å²) in [4.78, 5) is 10.3. The van der Waals surface area contributed by atoms with Crippen molar-refractivity contribution in [2.45, 2.75) is 13.8 Å². The van der Waals surface area contributed by atoms with Gasteiger partial charge in [0, 0.05) is 10.8 Å². The summed E-state index contributed by atoms with van der Waals surface area (Å²) in [6.07, 6.45) is 2.58. The summed E-state index contributed by atoms with van der Waals surface area (Å²) in [5, 5.41) is 1.09. The molecule has 1 amide bonds. The lowest BCUT2D eigenvalue weighted by atomic mass is 9.96. The minimum Gasteiger partial charge on any atom is -0.366 e. The molecular formula is C7H11NO3S. The fraction of sp³-hybridized carbons (Fsp3) is 0.429. The molecule has 0 aliphatic heterocycles. The van der Waals surface area contributed by atoms with Crippen LogP contribution in [0.1, 0.15) is 13.8 Å². The van der Waals surface area contributed by atoms with E-state index in [0.717, 1.165) is 11.4 Å². The highest BCUT2D eigenvalue weighted by Gasteiger charge is 2.10. The zero-order chi connectivity index (χ0) is 9.78. The monoisotopic (exact) mass is 189 g/mol. The molecule has 0 fully saturated rings. The Kier molecular flexibility index (Phi) is 3.69. The summed E-state index contributed by atoms with van der Waals surface area (Å²) in [6.45, 7) is 3.31. The fourth-order valence-electron chi connectivity index (χ4n) is 0.584. The van der Waals surface area contributed by atoms with Crippen LogP contribution in [0.15, 0.2) is 12.2 Å². The minimum atomic E-state index is -2.23. The Hall–Kier alpha value is -1.10. The van der Waals surface area contributed by atoms with E-state index in [-0.39, 0.29) is 0 Å². The molecule has 5 heteroatoms. The summed E-state index contributed by atoms with van der Waals surface area (Å²) >= 11 is 0. The van der Waals surface area contributed by atoms with Crippen molar-refractivity contribution in [3.05, 3.63) is 12.2 Å². The molecule has 0 saturated heterocycles. The maximum Gasteiger partial charge on any atom is 0.241 e. The van der Waals surface area contributed by atoms with Gasteiger partial charge in [0.1, 0.15) is 0 Å². The number of amides is 1. The molecule has 0 aliphatic rings. The molecule has 4 nitrogen and oxygen atoms in total. The van der Waals surface area contributed by atoms with Crippen LogP contribution in [-0.2, 0) is 15.1 Å². The second-order valence-corrected chi connectivity index (χ2v) is 3.69. The quantitative estimate of drug-likeness (QED) is 0.490. The molecule has 68 valence electrons. The smallest absolute Gasteiger partial charge is 0.241 e. The van der Waals surface area contributed by atoms with Gasteiger partial charge in [0.25, 0.3) is 0 Å². The lowest BCUT2D eigenvalue weighted by molar-refractivity contribution is -0.113. The first-order valence-electron chi connectivity index (χ1n) is 3.26. The standard InChI is InChI=1S/C7H11NO3S/c1-7(2,5-12(10)11)4-3-6(8)9/h3-5H,1-2H3,(H2,8,9). The van der Waals surface area contributed by atoms with Gasteiger partial charge in [-0.25, -0.2) is 0 Å². The molecule has 0 spiro atoms. The summed E-state index contributed by atoms with van der Waals surface area (Å²) in [5.74, 6) is -0.590. The van der Waals surface area contributed by atoms with E-state index in [0.29, 0.717) is 0 Å². The molecule has 0 unspecified atom stereocenters. The number of carbonyl (C=O) groups excluding carboxylic acids is 1. The number of hydrogen-bond acceptors (Lipinski definition) is 3. The van der Waals surface area contributed by atoms with E-state index >= 15 is 0 Å². The Morgan fingerprint density at radius 2 is 1.92 bits per heavy atom. The molecule has 0 aromatic rings. The molecular weight excluding hydrogens is 178 g/mol. The van der Waals surface area contributed by atoms with E-state index < -0.39 is 21.6 Å². The Bertz CT molecular complexity index is 317. The predicted molar refractivity (Wildman–Crippen MR) is 47.1 cm³/mol. The number of carbonyl (C=O) groups is 1. The zero-order valence-corrected chi connectivity index (χ0v) is 7.76. The highest BCUT2D eigenvalue weighted by molar-refractivity contribution is 7.71. The molecule has 0 saturated carbocycles. The average molecular weight is 189 g/mol. The van der Waals surface area contributed by atoms with Crippen molar-refractivity contribution in [3.63, 3.8) is 0 Å². The van der Waals surface area contributed by atoms with Gasteiger partial charge in [-0.15, -0.1) is 0 Å². The molecule has 12 heavy (non-hydrogen) atoms. The average Bonchev–Trinajstić information content (AvgIpc) is 1.81. The normalized spacial score (nSPS) is 11.5.